The average molecular weight is 585 g/mol. The van der Waals surface area contributed by atoms with Gasteiger partial charge in [0.1, 0.15) is 22.0 Å². The molecule has 2 atom stereocenters. The Morgan fingerprint density at radius 3 is 2.55 bits per heavy atom. The first-order chi connectivity index (χ1) is 20.2. The molecule has 6 rings (SSSR count). The second kappa shape index (κ2) is 10.9. The number of aryl methyl sites for hydroxylation is 1. The van der Waals surface area contributed by atoms with Gasteiger partial charge in [-0.25, -0.2) is 17.9 Å². The van der Waals surface area contributed by atoms with E-state index >= 15 is 0 Å². The Hall–Kier alpha value is -4.81. The van der Waals surface area contributed by atoms with Crippen molar-refractivity contribution >= 4 is 16.0 Å². The molecule has 3 aromatic carbocycles. The zero-order valence-electron chi connectivity index (χ0n) is 22.9. The summed E-state index contributed by atoms with van der Waals surface area (Å²) in [7, 11) is -0.624. The van der Waals surface area contributed by atoms with Gasteiger partial charge in [-0.3, -0.25) is 4.68 Å². The molecule has 0 bridgehead atoms. The van der Waals surface area contributed by atoms with Crippen LogP contribution in [0.3, 0.4) is 0 Å². The second-order valence-corrected chi connectivity index (χ2v) is 12.2. The van der Waals surface area contributed by atoms with Gasteiger partial charge in [-0.1, -0.05) is 47.7 Å². The Balaban J connectivity index is 1.27. The number of carbonyl (C=O) groups is 1. The first kappa shape index (κ1) is 27.4. The quantitative estimate of drug-likeness (QED) is 0.252. The van der Waals surface area contributed by atoms with E-state index in [-0.39, 0.29) is 34.6 Å². The third-order valence-electron chi connectivity index (χ3n) is 7.25. The molecule has 12 heteroatoms. The van der Waals surface area contributed by atoms with Crippen LogP contribution in [0.2, 0.25) is 0 Å². The van der Waals surface area contributed by atoms with Crippen molar-refractivity contribution in [2.45, 2.75) is 29.7 Å². The number of benzene rings is 3. The molecule has 0 saturated heterocycles. The molecule has 1 N–H and O–H groups in total. The first-order valence-electron chi connectivity index (χ1n) is 13.3. The predicted octanol–water partition coefficient (Wildman–Crippen LogP) is 4.58. The zero-order valence-corrected chi connectivity index (χ0v) is 23.7. The molecule has 5 aromatic rings. The highest BCUT2D eigenvalue weighted by Crippen LogP contribution is 2.55. The maximum atomic E-state index is 13.7. The molecular weight excluding hydrogens is 556 g/mol. The van der Waals surface area contributed by atoms with E-state index in [0.29, 0.717) is 22.7 Å². The lowest BCUT2D eigenvalue weighted by Gasteiger charge is -2.20. The number of ether oxygens (including phenoxy) is 1. The molecule has 1 aliphatic rings. The van der Waals surface area contributed by atoms with Crippen LogP contribution in [0.25, 0.3) is 5.69 Å². The summed E-state index contributed by atoms with van der Waals surface area (Å²) in [5.74, 6) is -0.329. The van der Waals surface area contributed by atoms with E-state index in [1.54, 1.807) is 52.8 Å². The largest absolute Gasteiger partial charge is 0.478 e. The number of aromatic nitrogens is 5. The van der Waals surface area contributed by atoms with Gasteiger partial charge in [0.25, 0.3) is 0 Å². The van der Waals surface area contributed by atoms with Crippen LogP contribution in [0, 0.1) is 0 Å². The van der Waals surface area contributed by atoms with Crippen LogP contribution in [-0.2, 0) is 23.6 Å². The van der Waals surface area contributed by atoms with Crippen LogP contribution in [0.5, 0.6) is 11.5 Å². The monoisotopic (exact) mass is 584 g/mol. The van der Waals surface area contributed by atoms with E-state index in [1.165, 1.54) is 23.6 Å². The number of aromatic carboxylic acids is 1. The van der Waals surface area contributed by atoms with Gasteiger partial charge in [-0.2, -0.15) is 9.40 Å². The first-order valence-corrected chi connectivity index (χ1v) is 14.7. The van der Waals surface area contributed by atoms with E-state index < -0.39 is 16.0 Å². The van der Waals surface area contributed by atoms with Crippen LogP contribution in [0.1, 0.15) is 45.6 Å². The van der Waals surface area contributed by atoms with Crippen molar-refractivity contribution in [3.05, 3.63) is 114 Å². The van der Waals surface area contributed by atoms with E-state index in [2.05, 4.69) is 15.4 Å². The van der Waals surface area contributed by atoms with Crippen molar-refractivity contribution in [1.29, 1.82) is 0 Å². The number of nitrogens with zero attached hydrogens (tertiary/aromatic N) is 6. The Morgan fingerprint density at radius 1 is 1.05 bits per heavy atom. The van der Waals surface area contributed by atoms with Crippen LogP contribution >= 0.6 is 0 Å². The maximum Gasteiger partial charge on any atom is 0.339 e. The summed E-state index contributed by atoms with van der Waals surface area (Å²) in [6, 6.07) is 22.8. The lowest BCUT2D eigenvalue weighted by Crippen LogP contribution is -2.27. The fourth-order valence-electron chi connectivity index (χ4n) is 5.10. The third-order valence-corrected chi connectivity index (χ3v) is 9.09. The predicted molar refractivity (Wildman–Crippen MR) is 153 cm³/mol. The fraction of sp³-hybridized carbons (Fsp3) is 0.200. The molecule has 2 heterocycles. The fourth-order valence-corrected chi connectivity index (χ4v) is 6.37. The summed E-state index contributed by atoms with van der Waals surface area (Å²) >= 11 is 0. The van der Waals surface area contributed by atoms with Gasteiger partial charge in [0, 0.05) is 38.7 Å². The normalized spacial score (nSPS) is 16.5. The molecule has 11 nitrogen and oxygen atoms in total. The van der Waals surface area contributed by atoms with Crippen LogP contribution in [0.4, 0.5) is 0 Å². The van der Waals surface area contributed by atoms with E-state index in [9.17, 15) is 18.3 Å². The van der Waals surface area contributed by atoms with Crippen LogP contribution in [-0.4, -0.2) is 55.6 Å². The molecule has 1 fully saturated rings. The minimum atomic E-state index is -3.93. The zero-order chi connectivity index (χ0) is 29.4. The highest BCUT2D eigenvalue weighted by Gasteiger charge is 2.46. The van der Waals surface area contributed by atoms with Gasteiger partial charge in [-0.15, -0.1) is 5.10 Å². The van der Waals surface area contributed by atoms with Crippen molar-refractivity contribution in [3.63, 3.8) is 0 Å². The maximum absolute atomic E-state index is 13.7. The molecule has 0 radical (unpaired) electrons. The second-order valence-electron chi connectivity index (χ2n) is 10.2. The van der Waals surface area contributed by atoms with Crippen molar-refractivity contribution in [2.24, 2.45) is 7.05 Å². The van der Waals surface area contributed by atoms with Gasteiger partial charge < -0.3 is 9.84 Å². The summed E-state index contributed by atoms with van der Waals surface area (Å²) in [5.41, 5.74) is 2.87. The average Bonchev–Trinajstić information content (AvgIpc) is 3.42. The topological polar surface area (TPSA) is 132 Å². The SMILES string of the molecule is CN(Cc1cccc(-n2ncc(C(=O)O)c2[C@@H]2C[C@H]2c2cn(C)nn2)c1)S(=O)(=O)c1ccccc1Oc1ccccc1. The number of carboxylic acid groups (broad SMARTS) is 1. The summed E-state index contributed by atoms with van der Waals surface area (Å²) in [4.78, 5) is 12.1. The molecule has 0 spiro atoms. The minimum Gasteiger partial charge on any atom is -0.478 e. The third kappa shape index (κ3) is 5.29. The molecule has 0 aliphatic heterocycles. The molecular formula is C30H28N6O5S. The molecule has 0 unspecified atom stereocenters. The van der Waals surface area contributed by atoms with E-state index in [0.717, 1.165) is 12.1 Å². The molecule has 1 saturated carbocycles. The van der Waals surface area contributed by atoms with Gasteiger partial charge in [-0.05, 0) is 48.4 Å². The number of carboxylic acids is 1. The summed E-state index contributed by atoms with van der Waals surface area (Å²) in [6.45, 7) is 0.0733. The van der Waals surface area contributed by atoms with Crippen molar-refractivity contribution in [2.75, 3.05) is 7.05 Å². The van der Waals surface area contributed by atoms with E-state index in [4.69, 9.17) is 4.74 Å². The van der Waals surface area contributed by atoms with Crippen molar-refractivity contribution in [3.8, 4) is 17.2 Å². The standard InChI is InChI=1S/C30H28N6O5S/c1-34-19-26(32-33-34)23-16-24(23)29-25(30(37)38)17-31-36(29)21-10-8-9-20(15-21)18-35(2)42(39,40)28-14-7-6-13-27(28)41-22-11-4-3-5-12-22/h3-15,17,19,23-24H,16,18H2,1-2H3,(H,37,38)/t23-,24-/m1/s1. The molecule has 1 aliphatic carbocycles. The van der Waals surface area contributed by atoms with Gasteiger partial charge in [0.15, 0.2) is 0 Å². The highest BCUT2D eigenvalue weighted by atomic mass is 32.2. The molecule has 42 heavy (non-hydrogen) atoms. The van der Waals surface area contributed by atoms with Gasteiger partial charge in [0.05, 0.1) is 23.3 Å². The Morgan fingerprint density at radius 2 is 1.81 bits per heavy atom. The highest BCUT2D eigenvalue weighted by molar-refractivity contribution is 7.89. The number of para-hydroxylation sites is 2. The number of hydrogen-bond acceptors (Lipinski definition) is 7. The summed E-state index contributed by atoms with van der Waals surface area (Å²) < 4.78 is 37.7. The Kier molecular flexibility index (Phi) is 7.09. The Labute approximate surface area is 242 Å². The van der Waals surface area contributed by atoms with Gasteiger partial charge in [0.2, 0.25) is 10.0 Å². The van der Waals surface area contributed by atoms with Gasteiger partial charge >= 0.3 is 5.97 Å². The van der Waals surface area contributed by atoms with E-state index in [1.807, 2.05) is 42.6 Å². The minimum absolute atomic E-state index is 0.0462. The smallest absolute Gasteiger partial charge is 0.339 e. The van der Waals surface area contributed by atoms with Crippen molar-refractivity contribution in [1.82, 2.24) is 29.1 Å². The molecule has 214 valence electrons. The van der Waals surface area contributed by atoms with Crippen LogP contribution < -0.4 is 4.74 Å². The van der Waals surface area contributed by atoms with Crippen molar-refractivity contribution < 1.29 is 23.1 Å². The lowest BCUT2D eigenvalue weighted by atomic mass is 10.1. The summed E-state index contributed by atoms with van der Waals surface area (Å²) in [5, 5.41) is 22.5. The molecule has 0 amide bonds. The molecule has 2 aromatic heterocycles. The number of hydrogen-bond donors (Lipinski definition) is 1. The summed E-state index contributed by atoms with van der Waals surface area (Å²) in [6.07, 6.45) is 3.93. The van der Waals surface area contributed by atoms with Crippen LogP contribution in [0.15, 0.2) is 96.2 Å². The number of sulfonamides is 1. The number of rotatable bonds is 10. The Bertz CT molecular complexity index is 1870. The lowest BCUT2D eigenvalue weighted by molar-refractivity contribution is 0.0695.